The molecular formula is C12H17NO4. The van der Waals surface area contributed by atoms with Crippen molar-refractivity contribution in [3.63, 3.8) is 0 Å². The van der Waals surface area contributed by atoms with Crippen LogP contribution in [0, 0.1) is 11.8 Å². The first-order valence-electron chi connectivity index (χ1n) is 5.90. The number of carboxylic acids is 1. The lowest BCUT2D eigenvalue weighted by Crippen LogP contribution is -2.52. The van der Waals surface area contributed by atoms with Gasteiger partial charge < -0.3 is 9.84 Å². The molecule has 94 valence electrons. The summed E-state index contributed by atoms with van der Waals surface area (Å²) in [7, 11) is 0. The zero-order chi connectivity index (χ0) is 12.4. The topological polar surface area (TPSA) is 66.8 Å². The predicted molar refractivity (Wildman–Crippen MR) is 60.5 cm³/mol. The summed E-state index contributed by atoms with van der Waals surface area (Å²) in [6.07, 6.45) is 3.77. The average Bonchev–Trinajstić information content (AvgIpc) is 2.66. The second-order valence-electron chi connectivity index (χ2n) is 4.74. The molecule has 1 heterocycles. The number of amides is 1. The van der Waals surface area contributed by atoms with E-state index in [0.29, 0.717) is 12.5 Å². The fourth-order valence-electron chi connectivity index (χ4n) is 2.95. The van der Waals surface area contributed by atoms with Crippen LogP contribution < -0.4 is 0 Å². The van der Waals surface area contributed by atoms with Crippen molar-refractivity contribution < 1.29 is 19.4 Å². The fourth-order valence-corrected chi connectivity index (χ4v) is 2.95. The van der Waals surface area contributed by atoms with Gasteiger partial charge in [-0.2, -0.15) is 0 Å². The van der Waals surface area contributed by atoms with Gasteiger partial charge in [0, 0.05) is 6.54 Å². The van der Waals surface area contributed by atoms with Crippen LogP contribution in [0.1, 0.15) is 19.3 Å². The molecule has 1 aliphatic heterocycles. The molecule has 0 aromatic heterocycles. The van der Waals surface area contributed by atoms with Gasteiger partial charge in [-0.1, -0.05) is 12.7 Å². The third-order valence-electron chi connectivity index (χ3n) is 3.63. The Labute approximate surface area is 100 Å². The monoisotopic (exact) mass is 239 g/mol. The van der Waals surface area contributed by atoms with Gasteiger partial charge >= 0.3 is 12.1 Å². The number of fused-ring (bicyclic) bond motifs is 2. The van der Waals surface area contributed by atoms with Crippen molar-refractivity contribution in [3.05, 3.63) is 12.7 Å². The molecule has 5 nitrogen and oxygen atoms in total. The molecule has 2 bridgehead atoms. The van der Waals surface area contributed by atoms with Gasteiger partial charge in [0.2, 0.25) is 0 Å². The van der Waals surface area contributed by atoms with Crippen molar-refractivity contribution in [3.8, 4) is 0 Å². The number of carbonyl (C=O) groups excluding carboxylic acids is 1. The molecule has 1 saturated heterocycles. The van der Waals surface area contributed by atoms with Gasteiger partial charge in [-0.3, -0.25) is 4.90 Å². The number of ether oxygens (including phenoxy) is 1. The number of carbonyl (C=O) groups is 2. The minimum Gasteiger partial charge on any atom is -0.480 e. The van der Waals surface area contributed by atoms with E-state index >= 15 is 0 Å². The van der Waals surface area contributed by atoms with Crippen molar-refractivity contribution in [2.45, 2.75) is 25.3 Å². The highest BCUT2D eigenvalue weighted by atomic mass is 16.6. The normalized spacial score (nSPS) is 31.1. The minimum atomic E-state index is -0.925. The highest BCUT2D eigenvalue weighted by molar-refractivity contribution is 5.80. The van der Waals surface area contributed by atoms with Gasteiger partial charge in [0.05, 0.1) is 0 Å². The van der Waals surface area contributed by atoms with Gasteiger partial charge in [0.15, 0.2) is 0 Å². The van der Waals surface area contributed by atoms with Crippen LogP contribution in [0.4, 0.5) is 4.79 Å². The Balaban J connectivity index is 2.10. The van der Waals surface area contributed by atoms with E-state index in [1.165, 1.54) is 11.0 Å². The minimum absolute atomic E-state index is 0.0857. The molecule has 0 radical (unpaired) electrons. The zero-order valence-electron chi connectivity index (χ0n) is 9.67. The first kappa shape index (κ1) is 12.0. The summed E-state index contributed by atoms with van der Waals surface area (Å²) in [5.74, 6) is -0.402. The van der Waals surface area contributed by atoms with Crippen molar-refractivity contribution in [2.24, 2.45) is 11.8 Å². The molecule has 1 saturated carbocycles. The number of nitrogens with zero attached hydrogens (tertiary/aromatic N) is 1. The summed E-state index contributed by atoms with van der Waals surface area (Å²) < 4.78 is 4.94. The van der Waals surface area contributed by atoms with Crippen LogP contribution in [-0.4, -0.2) is 41.3 Å². The van der Waals surface area contributed by atoms with Gasteiger partial charge in [-0.05, 0) is 31.1 Å². The van der Waals surface area contributed by atoms with E-state index < -0.39 is 18.1 Å². The Hall–Kier alpha value is -1.52. The second-order valence-corrected chi connectivity index (χ2v) is 4.74. The summed E-state index contributed by atoms with van der Waals surface area (Å²) in [6, 6.07) is -0.717. The summed E-state index contributed by atoms with van der Waals surface area (Å²) >= 11 is 0. The maximum absolute atomic E-state index is 11.8. The smallest absolute Gasteiger partial charge is 0.410 e. The first-order valence-corrected chi connectivity index (χ1v) is 5.90. The summed E-state index contributed by atoms with van der Waals surface area (Å²) in [5.41, 5.74) is 0. The Morgan fingerprint density at radius 2 is 2.24 bits per heavy atom. The molecule has 1 N–H and O–H groups in total. The van der Waals surface area contributed by atoms with Crippen molar-refractivity contribution in [2.75, 3.05) is 13.2 Å². The number of piperidine rings is 1. The van der Waals surface area contributed by atoms with Crippen LogP contribution in [0.2, 0.25) is 0 Å². The Morgan fingerprint density at radius 1 is 1.47 bits per heavy atom. The Bertz CT molecular complexity index is 341. The molecule has 2 fully saturated rings. The third-order valence-corrected chi connectivity index (χ3v) is 3.63. The van der Waals surface area contributed by atoms with Crippen LogP contribution in [0.25, 0.3) is 0 Å². The van der Waals surface area contributed by atoms with Gasteiger partial charge in [-0.15, -0.1) is 0 Å². The lowest BCUT2D eigenvalue weighted by Gasteiger charge is -2.36. The predicted octanol–water partition coefficient (Wildman–Crippen LogP) is 1.49. The lowest BCUT2D eigenvalue weighted by molar-refractivity contribution is -0.146. The van der Waals surface area contributed by atoms with Gasteiger partial charge in [0.1, 0.15) is 12.6 Å². The van der Waals surface area contributed by atoms with Crippen molar-refractivity contribution >= 4 is 12.1 Å². The van der Waals surface area contributed by atoms with Crippen LogP contribution in [0.5, 0.6) is 0 Å². The molecule has 0 spiro atoms. The van der Waals surface area contributed by atoms with E-state index in [0.717, 1.165) is 19.3 Å². The van der Waals surface area contributed by atoms with Crippen LogP contribution in [0.15, 0.2) is 12.7 Å². The highest BCUT2D eigenvalue weighted by Crippen LogP contribution is 2.40. The molecule has 17 heavy (non-hydrogen) atoms. The number of hydrogen-bond donors (Lipinski definition) is 1. The zero-order valence-corrected chi connectivity index (χ0v) is 9.67. The molecule has 2 aliphatic rings. The number of hydrogen-bond acceptors (Lipinski definition) is 3. The van der Waals surface area contributed by atoms with Crippen molar-refractivity contribution in [1.82, 2.24) is 4.90 Å². The van der Waals surface area contributed by atoms with E-state index in [-0.39, 0.29) is 12.5 Å². The van der Waals surface area contributed by atoms with Gasteiger partial charge in [-0.25, -0.2) is 9.59 Å². The maximum atomic E-state index is 11.8. The van der Waals surface area contributed by atoms with Crippen LogP contribution in [0.3, 0.4) is 0 Å². The number of likely N-dealkylation sites (tertiary alicyclic amines) is 1. The Morgan fingerprint density at radius 3 is 2.88 bits per heavy atom. The quantitative estimate of drug-likeness (QED) is 0.758. The molecule has 0 aromatic rings. The number of rotatable bonds is 3. The average molecular weight is 239 g/mol. The summed E-state index contributed by atoms with van der Waals surface area (Å²) in [4.78, 5) is 24.4. The van der Waals surface area contributed by atoms with Gasteiger partial charge in [0.25, 0.3) is 0 Å². The van der Waals surface area contributed by atoms with Crippen LogP contribution >= 0.6 is 0 Å². The molecule has 3 atom stereocenters. The van der Waals surface area contributed by atoms with E-state index in [1.54, 1.807) is 0 Å². The highest BCUT2D eigenvalue weighted by Gasteiger charge is 2.46. The molecule has 1 aliphatic carbocycles. The number of aliphatic carboxylic acids is 1. The van der Waals surface area contributed by atoms with E-state index in [4.69, 9.17) is 4.74 Å². The summed E-state index contributed by atoms with van der Waals surface area (Å²) in [6.45, 7) is 4.09. The molecule has 0 aromatic carbocycles. The first-order chi connectivity index (χ1) is 8.13. The standard InChI is InChI=1S/C12H17NO4/c1-2-5-17-12(16)13-7-8-3-4-9(6-8)10(13)11(14)15/h2,8-10H,1,3-7H2,(H,14,15)/t8-,9+,10-/m0/s1. The van der Waals surface area contributed by atoms with Crippen molar-refractivity contribution in [1.29, 1.82) is 0 Å². The molecular weight excluding hydrogens is 222 g/mol. The van der Waals surface area contributed by atoms with Crippen LogP contribution in [-0.2, 0) is 9.53 Å². The summed E-state index contributed by atoms with van der Waals surface area (Å²) in [5, 5.41) is 9.23. The van der Waals surface area contributed by atoms with E-state index in [9.17, 15) is 14.7 Å². The van der Waals surface area contributed by atoms with E-state index in [2.05, 4.69) is 6.58 Å². The molecule has 0 unspecified atom stereocenters. The molecule has 1 amide bonds. The SMILES string of the molecule is C=CCOC(=O)N1C[C@H]2CC[C@H](C2)[C@H]1C(=O)O. The third kappa shape index (κ3) is 2.28. The molecule has 2 rings (SSSR count). The second kappa shape index (κ2) is 4.77. The fraction of sp³-hybridized carbons (Fsp3) is 0.667. The Kier molecular flexibility index (Phi) is 3.36. The number of carboxylic acid groups (broad SMARTS) is 1. The largest absolute Gasteiger partial charge is 0.480 e. The van der Waals surface area contributed by atoms with E-state index in [1.807, 2.05) is 0 Å². The molecule has 5 heteroatoms. The maximum Gasteiger partial charge on any atom is 0.410 e. The lowest BCUT2D eigenvalue weighted by atomic mass is 9.91.